The highest BCUT2D eigenvalue weighted by atomic mass is 16.4. The number of nitrogens with zero attached hydrogens (tertiary/aromatic N) is 3. The van der Waals surface area contributed by atoms with Gasteiger partial charge >= 0.3 is 12.0 Å². The molecule has 1 aromatic rings. The first-order valence-corrected chi connectivity index (χ1v) is 5.52. The number of hydrogen-bond acceptors (Lipinski definition) is 4. The van der Waals surface area contributed by atoms with Crippen molar-refractivity contribution in [3.05, 3.63) is 12.2 Å². The van der Waals surface area contributed by atoms with Gasteiger partial charge in [0.15, 0.2) is 0 Å². The van der Waals surface area contributed by atoms with Crippen molar-refractivity contribution < 1.29 is 14.7 Å². The van der Waals surface area contributed by atoms with Crippen molar-refractivity contribution in [2.45, 2.75) is 26.4 Å². The maximum atomic E-state index is 11.5. The van der Waals surface area contributed by atoms with E-state index in [1.165, 1.54) is 11.0 Å². The Hall–Kier alpha value is -2.12. The number of aliphatic carboxylic acids is 1. The molecule has 1 atom stereocenters. The fraction of sp³-hybridized carbons (Fsp3) is 0.600. The Balaban J connectivity index is 2.46. The average Bonchev–Trinajstić information content (AvgIpc) is 2.68. The summed E-state index contributed by atoms with van der Waals surface area (Å²) in [6.45, 7) is 3.64. The van der Waals surface area contributed by atoms with E-state index in [9.17, 15) is 9.59 Å². The predicted molar refractivity (Wildman–Crippen MR) is 62.6 cm³/mol. The molecule has 0 aliphatic rings. The van der Waals surface area contributed by atoms with Crippen LogP contribution in [0.1, 0.15) is 19.7 Å². The lowest BCUT2D eigenvalue weighted by molar-refractivity contribution is -0.140. The van der Waals surface area contributed by atoms with Crippen LogP contribution in [0.2, 0.25) is 0 Å². The van der Waals surface area contributed by atoms with Crippen LogP contribution >= 0.6 is 0 Å². The van der Waals surface area contributed by atoms with Gasteiger partial charge in [-0.25, -0.2) is 14.6 Å². The molecule has 8 nitrogen and oxygen atoms in total. The van der Waals surface area contributed by atoms with Gasteiger partial charge in [0.25, 0.3) is 0 Å². The van der Waals surface area contributed by atoms with Crippen molar-refractivity contribution >= 4 is 12.0 Å². The molecular weight excluding hydrogens is 238 g/mol. The molecule has 100 valence electrons. The second-order valence-electron chi connectivity index (χ2n) is 4.19. The van der Waals surface area contributed by atoms with Gasteiger partial charge in [-0.2, -0.15) is 5.10 Å². The number of urea groups is 1. The van der Waals surface area contributed by atoms with Crippen molar-refractivity contribution in [3.8, 4) is 0 Å². The third-order valence-corrected chi connectivity index (χ3v) is 2.43. The third kappa shape index (κ3) is 3.72. The van der Waals surface area contributed by atoms with E-state index in [2.05, 4.69) is 20.7 Å². The van der Waals surface area contributed by atoms with Gasteiger partial charge < -0.3 is 15.7 Å². The first kappa shape index (κ1) is 13.9. The molecule has 0 saturated carbocycles. The summed E-state index contributed by atoms with van der Waals surface area (Å²) in [6.07, 6.45) is 1.38. The van der Waals surface area contributed by atoms with Gasteiger partial charge in [0, 0.05) is 7.05 Å². The average molecular weight is 255 g/mol. The Bertz CT molecular complexity index is 429. The van der Waals surface area contributed by atoms with Crippen LogP contribution < -0.4 is 10.6 Å². The van der Waals surface area contributed by atoms with Crippen LogP contribution in [-0.2, 0) is 18.4 Å². The van der Waals surface area contributed by atoms with E-state index in [1.54, 1.807) is 20.9 Å². The molecule has 0 aliphatic carbocycles. The molecule has 1 aromatic heterocycles. The minimum Gasteiger partial charge on any atom is -0.480 e. The van der Waals surface area contributed by atoms with Crippen molar-refractivity contribution in [2.24, 2.45) is 13.0 Å². The summed E-state index contributed by atoms with van der Waals surface area (Å²) < 4.78 is 1.53. The Labute approximate surface area is 104 Å². The normalized spacial score (nSPS) is 12.2. The first-order chi connectivity index (χ1) is 8.41. The van der Waals surface area contributed by atoms with E-state index in [-0.39, 0.29) is 12.5 Å². The number of carboxylic acids is 1. The molecule has 0 spiro atoms. The minimum atomic E-state index is -1.06. The zero-order valence-corrected chi connectivity index (χ0v) is 10.5. The number of amides is 2. The maximum absolute atomic E-state index is 11.5. The largest absolute Gasteiger partial charge is 0.480 e. The number of aryl methyl sites for hydroxylation is 1. The molecule has 2 amide bonds. The van der Waals surface area contributed by atoms with Crippen LogP contribution in [-0.4, -0.2) is 37.9 Å². The van der Waals surface area contributed by atoms with Crippen molar-refractivity contribution in [2.75, 3.05) is 0 Å². The molecule has 1 heterocycles. The molecular formula is C10H17N5O3. The summed E-state index contributed by atoms with van der Waals surface area (Å²) >= 11 is 0. The summed E-state index contributed by atoms with van der Waals surface area (Å²) in [6, 6.07) is -1.46. The van der Waals surface area contributed by atoms with Gasteiger partial charge in [-0.05, 0) is 5.92 Å². The Morgan fingerprint density at radius 3 is 2.61 bits per heavy atom. The number of carbonyl (C=O) groups excluding carboxylic acids is 1. The highest BCUT2D eigenvalue weighted by molar-refractivity contribution is 5.82. The second kappa shape index (κ2) is 5.99. The Kier molecular flexibility index (Phi) is 4.64. The quantitative estimate of drug-likeness (QED) is 0.670. The summed E-state index contributed by atoms with van der Waals surface area (Å²) in [4.78, 5) is 26.4. The van der Waals surface area contributed by atoms with E-state index in [1.807, 2.05) is 0 Å². The van der Waals surface area contributed by atoms with E-state index in [4.69, 9.17) is 5.11 Å². The monoisotopic (exact) mass is 255 g/mol. The summed E-state index contributed by atoms with van der Waals surface area (Å²) in [5.74, 6) is -0.663. The van der Waals surface area contributed by atoms with Gasteiger partial charge in [0.05, 0.1) is 6.54 Å². The van der Waals surface area contributed by atoms with Gasteiger partial charge in [-0.3, -0.25) is 4.68 Å². The van der Waals surface area contributed by atoms with Gasteiger partial charge in [-0.15, -0.1) is 0 Å². The van der Waals surface area contributed by atoms with Crippen LogP contribution in [0.25, 0.3) is 0 Å². The molecule has 1 rings (SSSR count). The van der Waals surface area contributed by atoms with Crippen molar-refractivity contribution in [1.82, 2.24) is 25.4 Å². The molecule has 0 aromatic carbocycles. The molecule has 3 N–H and O–H groups in total. The van der Waals surface area contributed by atoms with Gasteiger partial charge in [0.1, 0.15) is 18.2 Å². The number of nitrogens with one attached hydrogen (secondary N) is 2. The molecule has 18 heavy (non-hydrogen) atoms. The smallest absolute Gasteiger partial charge is 0.326 e. The van der Waals surface area contributed by atoms with Crippen molar-refractivity contribution in [3.63, 3.8) is 0 Å². The molecule has 1 unspecified atom stereocenters. The third-order valence-electron chi connectivity index (χ3n) is 2.43. The van der Waals surface area contributed by atoms with Gasteiger partial charge in [-0.1, -0.05) is 13.8 Å². The second-order valence-corrected chi connectivity index (χ2v) is 4.19. The van der Waals surface area contributed by atoms with Crippen LogP contribution in [0.3, 0.4) is 0 Å². The zero-order valence-electron chi connectivity index (χ0n) is 10.5. The predicted octanol–water partition coefficient (Wildman–Crippen LogP) is -0.276. The fourth-order valence-corrected chi connectivity index (χ4v) is 1.35. The van der Waals surface area contributed by atoms with Crippen LogP contribution in [0.4, 0.5) is 4.79 Å². The number of rotatable bonds is 5. The lowest BCUT2D eigenvalue weighted by atomic mass is 10.1. The highest BCUT2D eigenvalue weighted by Crippen LogP contribution is 2.01. The molecule has 0 aliphatic heterocycles. The molecule has 0 radical (unpaired) electrons. The zero-order chi connectivity index (χ0) is 13.7. The minimum absolute atomic E-state index is 0.187. The number of carboxylic acid groups (broad SMARTS) is 1. The Morgan fingerprint density at radius 1 is 1.50 bits per heavy atom. The number of hydrogen-bond donors (Lipinski definition) is 3. The first-order valence-electron chi connectivity index (χ1n) is 5.52. The maximum Gasteiger partial charge on any atom is 0.326 e. The topological polar surface area (TPSA) is 109 Å². The van der Waals surface area contributed by atoms with Gasteiger partial charge in [0.2, 0.25) is 0 Å². The van der Waals surface area contributed by atoms with E-state index < -0.39 is 18.0 Å². The van der Waals surface area contributed by atoms with E-state index in [0.29, 0.717) is 5.82 Å². The SMILES string of the molecule is CC(C)C(NC(=O)NCc1ncnn1C)C(=O)O. The standard InChI is InChI=1S/C10H17N5O3/c1-6(2)8(9(16)17)14-10(18)11-4-7-12-5-13-15(7)3/h5-6,8H,4H2,1-3H3,(H,16,17)(H2,11,14,18). The molecule has 0 fully saturated rings. The Morgan fingerprint density at radius 2 is 2.17 bits per heavy atom. The number of carbonyl (C=O) groups is 2. The summed E-state index contributed by atoms with van der Waals surface area (Å²) in [5, 5.41) is 17.7. The lowest BCUT2D eigenvalue weighted by Gasteiger charge is -2.18. The molecule has 0 saturated heterocycles. The fourth-order valence-electron chi connectivity index (χ4n) is 1.35. The van der Waals surface area contributed by atoms with E-state index >= 15 is 0 Å². The molecule has 0 bridgehead atoms. The highest BCUT2D eigenvalue weighted by Gasteiger charge is 2.23. The summed E-state index contributed by atoms with van der Waals surface area (Å²) in [5.41, 5.74) is 0. The number of aromatic nitrogens is 3. The van der Waals surface area contributed by atoms with Crippen LogP contribution in [0, 0.1) is 5.92 Å². The van der Waals surface area contributed by atoms with E-state index in [0.717, 1.165) is 0 Å². The van der Waals surface area contributed by atoms with Crippen molar-refractivity contribution in [1.29, 1.82) is 0 Å². The molecule has 8 heteroatoms. The van der Waals surface area contributed by atoms with Crippen LogP contribution in [0.5, 0.6) is 0 Å². The summed E-state index contributed by atoms with van der Waals surface area (Å²) in [7, 11) is 1.70. The van der Waals surface area contributed by atoms with Crippen LogP contribution in [0.15, 0.2) is 6.33 Å². The lowest BCUT2D eigenvalue weighted by Crippen LogP contribution is -2.48.